The van der Waals surface area contributed by atoms with Crippen molar-refractivity contribution in [3.63, 3.8) is 0 Å². The first-order valence-electron chi connectivity index (χ1n) is 4.47. The molecule has 0 heterocycles. The first-order valence-corrected chi connectivity index (χ1v) is 4.47. The lowest BCUT2D eigenvalue weighted by atomic mass is 10.0. The standard InChI is InChI=1S/C10H9F4NO2/c1-17-9(16)8(15)6-3-2-5(4-7(6)11)10(12,13)14/h2-4,8H,15H2,1H3/t8-/m1/s1. The molecule has 1 aromatic carbocycles. The maximum absolute atomic E-state index is 13.3. The van der Waals surface area contributed by atoms with Gasteiger partial charge in [-0.05, 0) is 12.1 Å². The number of methoxy groups -OCH3 is 1. The van der Waals surface area contributed by atoms with E-state index >= 15 is 0 Å². The number of halogens is 4. The van der Waals surface area contributed by atoms with Crippen molar-refractivity contribution >= 4 is 5.97 Å². The van der Waals surface area contributed by atoms with Gasteiger partial charge in [0, 0.05) is 5.56 Å². The smallest absolute Gasteiger partial charge is 0.416 e. The summed E-state index contributed by atoms with van der Waals surface area (Å²) in [5.74, 6) is -2.12. The van der Waals surface area contributed by atoms with Gasteiger partial charge < -0.3 is 10.5 Å². The fraction of sp³-hybridized carbons (Fsp3) is 0.300. The van der Waals surface area contributed by atoms with Gasteiger partial charge in [0.15, 0.2) is 0 Å². The van der Waals surface area contributed by atoms with Crippen LogP contribution in [0.2, 0.25) is 0 Å². The topological polar surface area (TPSA) is 52.3 Å². The fourth-order valence-corrected chi connectivity index (χ4v) is 1.21. The quantitative estimate of drug-likeness (QED) is 0.646. The van der Waals surface area contributed by atoms with Crippen LogP contribution in [-0.4, -0.2) is 13.1 Å². The summed E-state index contributed by atoms with van der Waals surface area (Å²) in [6.45, 7) is 0. The molecule has 0 saturated heterocycles. The molecular weight excluding hydrogens is 242 g/mol. The third-order valence-corrected chi connectivity index (χ3v) is 2.12. The van der Waals surface area contributed by atoms with Crippen molar-refractivity contribution in [2.75, 3.05) is 7.11 Å². The van der Waals surface area contributed by atoms with Crippen LogP contribution in [0.25, 0.3) is 0 Å². The number of hydrogen-bond donors (Lipinski definition) is 1. The van der Waals surface area contributed by atoms with E-state index in [0.717, 1.165) is 13.2 Å². The van der Waals surface area contributed by atoms with Crippen LogP contribution in [0.5, 0.6) is 0 Å². The number of carbonyl (C=O) groups is 1. The Hall–Kier alpha value is -1.63. The second-order valence-corrected chi connectivity index (χ2v) is 3.23. The van der Waals surface area contributed by atoms with Crippen LogP contribution in [0.1, 0.15) is 17.2 Å². The molecule has 0 amide bonds. The van der Waals surface area contributed by atoms with Crippen molar-refractivity contribution in [3.05, 3.63) is 35.1 Å². The third-order valence-electron chi connectivity index (χ3n) is 2.12. The number of benzene rings is 1. The first-order chi connectivity index (χ1) is 7.77. The Morgan fingerprint density at radius 3 is 2.41 bits per heavy atom. The lowest BCUT2D eigenvalue weighted by Gasteiger charge is -2.12. The van der Waals surface area contributed by atoms with E-state index < -0.39 is 29.6 Å². The molecule has 1 atom stereocenters. The Balaban J connectivity index is 3.10. The maximum Gasteiger partial charge on any atom is 0.416 e. The predicted molar refractivity (Wildman–Crippen MR) is 50.3 cm³/mol. The zero-order chi connectivity index (χ0) is 13.2. The molecule has 0 bridgehead atoms. The van der Waals surface area contributed by atoms with Crippen molar-refractivity contribution in [2.45, 2.75) is 12.2 Å². The molecule has 2 N–H and O–H groups in total. The molecule has 0 radical (unpaired) electrons. The third kappa shape index (κ3) is 2.94. The summed E-state index contributed by atoms with van der Waals surface area (Å²) < 4.78 is 54.3. The van der Waals surface area contributed by atoms with E-state index in [0.29, 0.717) is 6.07 Å². The van der Waals surface area contributed by atoms with Crippen molar-refractivity contribution in [3.8, 4) is 0 Å². The largest absolute Gasteiger partial charge is 0.468 e. The number of alkyl halides is 3. The van der Waals surface area contributed by atoms with Crippen molar-refractivity contribution in [1.82, 2.24) is 0 Å². The molecule has 0 saturated carbocycles. The van der Waals surface area contributed by atoms with Crippen LogP contribution in [0, 0.1) is 5.82 Å². The molecule has 0 unspecified atom stereocenters. The summed E-state index contributed by atoms with van der Waals surface area (Å²) in [5.41, 5.74) is 3.83. The molecule has 0 spiro atoms. The van der Waals surface area contributed by atoms with Crippen molar-refractivity contribution in [1.29, 1.82) is 0 Å². The zero-order valence-corrected chi connectivity index (χ0v) is 8.72. The molecule has 94 valence electrons. The predicted octanol–water partition coefficient (Wildman–Crippen LogP) is 2.02. The van der Waals surface area contributed by atoms with Gasteiger partial charge >= 0.3 is 12.1 Å². The second kappa shape index (κ2) is 4.70. The van der Waals surface area contributed by atoms with Crippen LogP contribution in [0.15, 0.2) is 18.2 Å². The summed E-state index contributed by atoms with van der Waals surface area (Å²) in [6.07, 6.45) is -4.64. The van der Waals surface area contributed by atoms with E-state index in [2.05, 4.69) is 4.74 Å². The average molecular weight is 251 g/mol. The minimum atomic E-state index is -4.64. The number of esters is 1. The Labute approximate surface area is 94.2 Å². The fourth-order valence-electron chi connectivity index (χ4n) is 1.21. The van der Waals surface area contributed by atoms with Gasteiger partial charge in [0.2, 0.25) is 0 Å². The van der Waals surface area contributed by atoms with E-state index in [4.69, 9.17) is 5.73 Å². The van der Waals surface area contributed by atoms with Crippen LogP contribution in [0.3, 0.4) is 0 Å². The molecule has 1 rings (SSSR count). The van der Waals surface area contributed by atoms with Crippen molar-refractivity contribution in [2.24, 2.45) is 5.73 Å². The molecule has 0 fully saturated rings. The van der Waals surface area contributed by atoms with E-state index in [1.54, 1.807) is 0 Å². The van der Waals surface area contributed by atoms with E-state index in [1.165, 1.54) is 0 Å². The molecule has 0 aliphatic heterocycles. The minimum Gasteiger partial charge on any atom is -0.468 e. The van der Waals surface area contributed by atoms with Gasteiger partial charge in [-0.2, -0.15) is 13.2 Å². The average Bonchev–Trinajstić information content (AvgIpc) is 2.25. The highest BCUT2D eigenvalue weighted by Crippen LogP contribution is 2.31. The van der Waals surface area contributed by atoms with Gasteiger partial charge in [0.25, 0.3) is 0 Å². The van der Waals surface area contributed by atoms with Gasteiger partial charge in [-0.15, -0.1) is 0 Å². The number of ether oxygens (including phenoxy) is 1. The van der Waals surface area contributed by atoms with Gasteiger partial charge in [0.05, 0.1) is 12.7 Å². The van der Waals surface area contributed by atoms with Gasteiger partial charge in [-0.3, -0.25) is 4.79 Å². The second-order valence-electron chi connectivity index (χ2n) is 3.23. The van der Waals surface area contributed by atoms with Crippen LogP contribution in [0.4, 0.5) is 17.6 Å². The Kier molecular flexibility index (Phi) is 3.72. The van der Waals surface area contributed by atoms with Crippen LogP contribution < -0.4 is 5.73 Å². The highest BCUT2D eigenvalue weighted by molar-refractivity contribution is 5.77. The molecule has 0 aliphatic carbocycles. The summed E-state index contributed by atoms with van der Waals surface area (Å²) in [6, 6.07) is 0.321. The number of carbonyl (C=O) groups excluding carboxylic acids is 1. The van der Waals surface area contributed by atoms with Gasteiger partial charge in [-0.25, -0.2) is 4.39 Å². The Bertz CT molecular complexity index is 431. The monoisotopic (exact) mass is 251 g/mol. The Morgan fingerprint density at radius 1 is 1.41 bits per heavy atom. The molecule has 0 aliphatic rings. The lowest BCUT2D eigenvalue weighted by molar-refractivity contribution is -0.142. The molecule has 3 nitrogen and oxygen atoms in total. The lowest BCUT2D eigenvalue weighted by Crippen LogP contribution is -2.24. The molecule has 1 aromatic rings. The molecule has 7 heteroatoms. The van der Waals surface area contributed by atoms with Gasteiger partial charge in [-0.1, -0.05) is 6.07 Å². The number of nitrogens with two attached hydrogens (primary N) is 1. The van der Waals surface area contributed by atoms with Gasteiger partial charge in [0.1, 0.15) is 11.9 Å². The van der Waals surface area contributed by atoms with Crippen LogP contribution >= 0.6 is 0 Å². The minimum absolute atomic E-state index is 0.290. The summed E-state index contributed by atoms with van der Waals surface area (Å²) in [7, 11) is 1.05. The maximum atomic E-state index is 13.3. The SMILES string of the molecule is COC(=O)[C@H](N)c1ccc(C(F)(F)F)cc1F. The molecular formula is C10H9F4NO2. The Morgan fingerprint density at radius 2 is 2.00 bits per heavy atom. The highest BCUT2D eigenvalue weighted by Gasteiger charge is 2.32. The molecule has 17 heavy (non-hydrogen) atoms. The van der Waals surface area contributed by atoms with E-state index in [9.17, 15) is 22.4 Å². The highest BCUT2D eigenvalue weighted by atomic mass is 19.4. The summed E-state index contributed by atoms with van der Waals surface area (Å²) in [4.78, 5) is 11.0. The summed E-state index contributed by atoms with van der Waals surface area (Å²) >= 11 is 0. The number of hydrogen-bond acceptors (Lipinski definition) is 3. The number of rotatable bonds is 2. The summed E-state index contributed by atoms with van der Waals surface area (Å²) in [5, 5.41) is 0. The van der Waals surface area contributed by atoms with E-state index in [1.807, 2.05) is 0 Å². The first kappa shape index (κ1) is 13.4. The van der Waals surface area contributed by atoms with E-state index in [-0.39, 0.29) is 11.6 Å². The van der Waals surface area contributed by atoms with Crippen molar-refractivity contribution < 1.29 is 27.1 Å². The zero-order valence-electron chi connectivity index (χ0n) is 8.72. The molecule has 0 aromatic heterocycles. The normalized spacial score (nSPS) is 13.3. The van der Waals surface area contributed by atoms with Crippen LogP contribution in [-0.2, 0) is 15.7 Å².